The van der Waals surface area contributed by atoms with Crippen LogP contribution in [0.2, 0.25) is 0 Å². The first-order chi connectivity index (χ1) is 16.8. The first-order valence-electron chi connectivity index (χ1n) is 11.6. The number of carbonyl (C=O) groups excluding carboxylic acids is 1. The predicted octanol–water partition coefficient (Wildman–Crippen LogP) is 3.52. The molecule has 0 aliphatic carbocycles. The summed E-state index contributed by atoms with van der Waals surface area (Å²) in [6, 6.07) is 9.53. The van der Waals surface area contributed by atoms with E-state index in [1.807, 2.05) is 18.2 Å². The summed E-state index contributed by atoms with van der Waals surface area (Å²) < 4.78 is 14.2. The minimum atomic E-state index is -1.22. The molecule has 1 saturated heterocycles. The molecule has 180 valence electrons. The SMILES string of the molecule is CC(C)c1ccnc(-c2cnc(-n3cc(S(C)=O)c4ccc(C(=O)N5CC[C@@H](N)C5)cc43)nc2)c1. The minimum absolute atomic E-state index is 0.0169. The lowest BCUT2D eigenvalue weighted by molar-refractivity contribution is 0.0791. The summed E-state index contributed by atoms with van der Waals surface area (Å²) in [6.07, 6.45) is 9.51. The van der Waals surface area contributed by atoms with E-state index in [2.05, 4.69) is 34.9 Å². The van der Waals surface area contributed by atoms with Crippen LogP contribution in [0.3, 0.4) is 0 Å². The Morgan fingerprint density at radius 2 is 1.91 bits per heavy atom. The predicted molar refractivity (Wildman–Crippen MR) is 137 cm³/mol. The molecule has 0 saturated carbocycles. The quantitative estimate of drug-likeness (QED) is 0.461. The van der Waals surface area contributed by atoms with Gasteiger partial charge >= 0.3 is 0 Å². The zero-order valence-corrected chi connectivity index (χ0v) is 20.8. The summed E-state index contributed by atoms with van der Waals surface area (Å²) in [6.45, 7) is 5.49. The number of hydrogen-bond acceptors (Lipinski definition) is 6. The van der Waals surface area contributed by atoms with Crippen molar-refractivity contribution in [2.75, 3.05) is 19.3 Å². The van der Waals surface area contributed by atoms with Crippen molar-refractivity contribution in [3.8, 4) is 17.2 Å². The maximum atomic E-state index is 13.1. The van der Waals surface area contributed by atoms with Gasteiger partial charge in [0.15, 0.2) is 0 Å². The van der Waals surface area contributed by atoms with E-state index in [0.29, 0.717) is 35.4 Å². The van der Waals surface area contributed by atoms with Gasteiger partial charge in [0.1, 0.15) is 0 Å². The van der Waals surface area contributed by atoms with Crippen molar-refractivity contribution in [2.24, 2.45) is 5.73 Å². The van der Waals surface area contributed by atoms with E-state index in [-0.39, 0.29) is 11.9 Å². The van der Waals surface area contributed by atoms with Gasteiger partial charge in [-0.15, -0.1) is 0 Å². The fourth-order valence-electron chi connectivity index (χ4n) is 4.42. The third-order valence-electron chi connectivity index (χ3n) is 6.44. The Balaban J connectivity index is 1.54. The number of rotatable bonds is 5. The van der Waals surface area contributed by atoms with Crippen LogP contribution in [0.4, 0.5) is 0 Å². The number of nitrogens with two attached hydrogens (primary N) is 1. The number of amides is 1. The topological polar surface area (TPSA) is 107 Å². The van der Waals surface area contributed by atoms with Crippen molar-refractivity contribution >= 4 is 27.6 Å². The van der Waals surface area contributed by atoms with Crippen molar-refractivity contribution < 1.29 is 9.00 Å². The number of nitrogens with zero attached hydrogens (tertiary/aromatic N) is 5. The molecule has 35 heavy (non-hydrogen) atoms. The van der Waals surface area contributed by atoms with Crippen molar-refractivity contribution in [3.05, 3.63) is 66.2 Å². The van der Waals surface area contributed by atoms with Gasteiger partial charge in [-0.1, -0.05) is 19.9 Å². The van der Waals surface area contributed by atoms with Crippen LogP contribution in [0, 0.1) is 0 Å². The standard InChI is InChI=1S/C26H28N6O2S/c1-16(2)17-6-8-28-22(10-17)19-12-29-26(30-13-19)32-15-24(35(3)34)21-5-4-18(11-23(21)32)25(33)31-9-7-20(27)14-31/h4-6,8,10-13,15-16,20H,7,9,14,27H2,1-3H3/t20-,35?/m1/s1. The zero-order chi connectivity index (χ0) is 24.7. The van der Waals surface area contributed by atoms with Crippen LogP contribution in [0.5, 0.6) is 0 Å². The van der Waals surface area contributed by atoms with Crippen LogP contribution in [0.25, 0.3) is 28.1 Å². The Kier molecular flexibility index (Phi) is 6.21. The Morgan fingerprint density at radius 1 is 1.14 bits per heavy atom. The van der Waals surface area contributed by atoms with Gasteiger partial charge in [0.25, 0.3) is 5.91 Å². The van der Waals surface area contributed by atoms with Gasteiger partial charge in [0, 0.05) is 66.7 Å². The fourth-order valence-corrected chi connectivity index (χ4v) is 5.16. The van der Waals surface area contributed by atoms with Crippen molar-refractivity contribution in [2.45, 2.75) is 37.1 Å². The summed E-state index contributed by atoms with van der Waals surface area (Å²) >= 11 is 0. The van der Waals surface area contributed by atoms with Gasteiger partial charge in [0.05, 0.1) is 26.9 Å². The lowest BCUT2D eigenvalue weighted by Crippen LogP contribution is -2.31. The highest BCUT2D eigenvalue weighted by Crippen LogP contribution is 2.28. The molecule has 1 unspecified atom stereocenters. The van der Waals surface area contributed by atoms with Gasteiger partial charge in [-0.2, -0.15) is 0 Å². The highest BCUT2D eigenvalue weighted by atomic mass is 32.2. The van der Waals surface area contributed by atoms with Gasteiger partial charge in [-0.25, -0.2) is 9.97 Å². The molecule has 5 rings (SSSR count). The van der Waals surface area contributed by atoms with Crippen molar-refractivity contribution in [3.63, 3.8) is 0 Å². The van der Waals surface area contributed by atoms with Gasteiger partial charge in [-0.3, -0.25) is 18.6 Å². The van der Waals surface area contributed by atoms with Crippen LogP contribution in [0.15, 0.2) is 60.0 Å². The molecule has 2 atom stereocenters. The first-order valence-corrected chi connectivity index (χ1v) is 13.2. The van der Waals surface area contributed by atoms with E-state index < -0.39 is 10.8 Å². The molecule has 8 nitrogen and oxygen atoms in total. The Bertz CT molecular complexity index is 1430. The molecule has 0 spiro atoms. The van der Waals surface area contributed by atoms with E-state index in [4.69, 9.17) is 5.73 Å². The van der Waals surface area contributed by atoms with Crippen molar-refractivity contribution in [1.29, 1.82) is 0 Å². The number of hydrogen-bond donors (Lipinski definition) is 1. The minimum Gasteiger partial charge on any atom is -0.337 e. The van der Waals surface area contributed by atoms with Gasteiger partial charge in [-0.05, 0) is 42.2 Å². The van der Waals surface area contributed by atoms with Crippen LogP contribution in [-0.4, -0.2) is 59.9 Å². The number of benzene rings is 1. The van der Waals surface area contributed by atoms with Crippen LogP contribution in [0.1, 0.15) is 42.1 Å². The largest absolute Gasteiger partial charge is 0.337 e. The monoisotopic (exact) mass is 488 g/mol. The van der Waals surface area contributed by atoms with Crippen molar-refractivity contribution in [1.82, 2.24) is 24.4 Å². The second-order valence-corrected chi connectivity index (χ2v) is 10.6. The molecule has 1 aliphatic heterocycles. The van der Waals surface area contributed by atoms with E-state index in [1.165, 1.54) is 5.56 Å². The molecular weight excluding hydrogens is 460 g/mol. The molecular formula is C26H28N6O2S. The van der Waals surface area contributed by atoms with Crippen LogP contribution in [-0.2, 0) is 10.8 Å². The van der Waals surface area contributed by atoms with E-state index >= 15 is 0 Å². The summed E-state index contributed by atoms with van der Waals surface area (Å²) in [4.78, 5) is 29.2. The lowest BCUT2D eigenvalue weighted by Gasteiger charge is -2.16. The van der Waals surface area contributed by atoms with Gasteiger partial charge < -0.3 is 10.6 Å². The molecule has 0 bridgehead atoms. The number of likely N-dealkylation sites (tertiary alicyclic amines) is 1. The maximum absolute atomic E-state index is 13.1. The van der Waals surface area contributed by atoms with Gasteiger partial charge in [0.2, 0.25) is 5.95 Å². The first kappa shape index (κ1) is 23.3. The zero-order valence-electron chi connectivity index (χ0n) is 20.0. The lowest BCUT2D eigenvalue weighted by atomic mass is 10.0. The van der Waals surface area contributed by atoms with E-state index in [1.54, 1.807) is 46.6 Å². The van der Waals surface area contributed by atoms with E-state index in [9.17, 15) is 9.00 Å². The normalized spacial score (nSPS) is 16.8. The summed E-state index contributed by atoms with van der Waals surface area (Å²) in [5.41, 5.74) is 10.1. The number of aromatic nitrogens is 4. The Labute approximate surface area is 206 Å². The fraction of sp³-hybridized carbons (Fsp3) is 0.308. The summed E-state index contributed by atoms with van der Waals surface area (Å²) in [5, 5.41) is 0.805. The van der Waals surface area contributed by atoms with Crippen LogP contribution < -0.4 is 5.73 Å². The molecule has 1 aliphatic rings. The smallest absolute Gasteiger partial charge is 0.253 e. The summed E-state index contributed by atoms with van der Waals surface area (Å²) in [7, 11) is -1.22. The third-order valence-corrected chi connectivity index (χ3v) is 7.38. The summed E-state index contributed by atoms with van der Waals surface area (Å²) in [5.74, 6) is 0.770. The Hall–Kier alpha value is -3.43. The molecule has 1 aromatic carbocycles. The van der Waals surface area contributed by atoms with Crippen LogP contribution >= 0.6 is 0 Å². The number of carbonyl (C=O) groups is 1. The molecule has 4 aromatic rings. The highest BCUT2D eigenvalue weighted by molar-refractivity contribution is 7.84. The third kappa shape index (κ3) is 4.49. The molecule has 3 aromatic heterocycles. The molecule has 2 N–H and O–H groups in total. The highest BCUT2D eigenvalue weighted by Gasteiger charge is 2.25. The Morgan fingerprint density at radius 3 is 2.57 bits per heavy atom. The average Bonchev–Trinajstić information content (AvgIpc) is 3.47. The second kappa shape index (κ2) is 9.31. The van der Waals surface area contributed by atoms with E-state index in [0.717, 1.165) is 28.6 Å². The second-order valence-electron chi connectivity index (χ2n) is 9.25. The molecule has 0 radical (unpaired) electrons. The molecule has 4 heterocycles. The molecule has 9 heteroatoms. The molecule has 1 amide bonds. The molecule has 1 fully saturated rings. The average molecular weight is 489 g/mol. The maximum Gasteiger partial charge on any atom is 0.253 e. The number of fused-ring (bicyclic) bond motifs is 1. The number of pyridine rings is 1.